The largest absolute Gasteiger partial charge is 0.480 e. The molecule has 24 heavy (non-hydrogen) atoms. The zero-order chi connectivity index (χ0) is 17.5. The van der Waals surface area contributed by atoms with Crippen molar-refractivity contribution in [1.29, 1.82) is 0 Å². The van der Waals surface area contributed by atoms with E-state index in [1.165, 1.54) is 17.0 Å². The Hall–Kier alpha value is -2.05. The molecular formula is C17H18F3NO3. The maximum Gasteiger partial charge on any atom is 0.416 e. The number of benzene rings is 1. The Bertz CT molecular complexity index is 631. The van der Waals surface area contributed by atoms with E-state index in [0.29, 0.717) is 17.4 Å². The standard InChI is InChI=1S/C17H18F3NO3/c18-17(19,20)11-6-4-10(5-7-11)8-21(9-14(22)23)16(24)15-12-2-1-3-13(12)15/h4-7,12-13,15H,1-3,8-9H2,(H,22,23). The summed E-state index contributed by atoms with van der Waals surface area (Å²) in [6, 6.07) is 4.48. The van der Waals surface area contributed by atoms with Gasteiger partial charge in [-0.3, -0.25) is 9.59 Å². The van der Waals surface area contributed by atoms with Gasteiger partial charge in [-0.25, -0.2) is 0 Å². The summed E-state index contributed by atoms with van der Waals surface area (Å²) in [7, 11) is 0. The summed E-state index contributed by atoms with van der Waals surface area (Å²) in [4.78, 5) is 24.8. The molecule has 0 bridgehead atoms. The van der Waals surface area contributed by atoms with Gasteiger partial charge >= 0.3 is 12.1 Å². The van der Waals surface area contributed by atoms with Crippen LogP contribution in [0, 0.1) is 17.8 Å². The van der Waals surface area contributed by atoms with E-state index in [1.54, 1.807) is 0 Å². The predicted molar refractivity (Wildman–Crippen MR) is 78.8 cm³/mol. The molecular weight excluding hydrogens is 323 g/mol. The van der Waals surface area contributed by atoms with Crippen molar-refractivity contribution in [2.45, 2.75) is 32.0 Å². The Kier molecular flexibility index (Phi) is 4.27. The van der Waals surface area contributed by atoms with Gasteiger partial charge in [0, 0.05) is 12.5 Å². The molecule has 2 saturated carbocycles. The highest BCUT2D eigenvalue weighted by atomic mass is 19.4. The molecule has 7 heteroatoms. The quantitative estimate of drug-likeness (QED) is 0.895. The average Bonchev–Trinajstić information content (AvgIpc) is 2.97. The number of hydrogen-bond donors (Lipinski definition) is 1. The molecule has 1 aromatic rings. The first-order valence-electron chi connectivity index (χ1n) is 7.94. The van der Waals surface area contributed by atoms with Crippen LogP contribution in [0.25, 0.3) is 0 Å². The van der Waals surface area contributed by atoms with Gasteiger partial charge in [0.25, 0.3) is 0 Å². The van der Waals surface area contributed by atoms with E-state index in [0.717, 1.165) is 31.4 Å². The number of carbonyl (C=O) groups is 2. The van der Waals surface area contributed by atoms with Gasteiger partial charge in [-0.1, -0.05) is 18.6 Å². The summed E-state index contributed by atoms with van der Waals surface area (Å²) in [5.74, 6) is -0.691. The Morgan fingerprint density at radius 3 is 2.21 bits per heavy atom. The van der Waals surface area contributed by atoms with Gasteiger partial charge in [0.05, 0.1) is 5.56 Å². The van der Waals surface area contributed by atoms with Crippen LogP contribution in [0.1, 0.15) is 30.4 Å². The molecule has 0 aromatic heterocycles. The Balaban J connectivity index is 1.70. The highest BCUT2D eigenvalue weighted by Gasteiger charge is 2.57. The molecule has 1 amide bonds. The second-order valence-electron chi connectivity index (χ2n) is 6.57. The molecule has 1 N–H and O–H groups in total. The van der Waals surface area contributed by atoms with Crippen LogP contribution in [0.4, 0.5) is 13.2 Å². The van der Waals surface area contributed by atoms with Gasteiger partial charge in [-0.05, 0) is 42.4 Å². The Morgan fingerprint density at radius 2 is 1.71 bits per heavy atom. The fourth-order valence-corrected chi connectivity index (χ4v) is 3.79. The molecule has 4 nitrogen and oxygen atoms in total. The van der Waals surface area contributed by atoms with Gasteiger partial charge in [-0.2, -0.15) is 13.2 Å². The third-order valence-electron chi connectivity index (χ3n) is 4.98. The second kappa shape index (κ2) is 6.11. The first-order chi connectivity index (χ1) is 11.3. The van der Waals surface area contributed by atoms with E-state index in [-0.39, 0.29) is 18.4 Å². The number of rotatable bonds is 5. The second-order valence-corrected chi connectivity index (χ2v) is 6.57. The number of alkyl halides is 3. The van der Waals surface area contributed by atoms with Crippen LogP contribution in [0.5, 0.6) is 0 Å². The van der Waals surface area contributed by atoms with Crippen molar-refractivity contribution in [2.75, 3.05) is 6.54 Å². The zero-order valence-corrected chi connectivity index (χ0v) is 12.9. The Labute approximate surface area is 137 Å². The number of hydrogen-bond acceptors (Lipinski definition) is 2. The molecule has 2 unspecified atom stereocenters. The summed E-state index contributed by atoms with van der Waals surface area (Å²) >= 11 is 0. The molecule has 2 aliphatic carbocycles. The molecule has 2 atom stereocenters. The van der Waals surface area contributed by atoms with Crippen LogP contribution in [0.2, 0.25) is 0 Å². The van der Waals surface area contributed by atoms with Crippen molar-refractivity contribution in [3.63, 3.8) is 0 Å². The minimum absolute atomic E-state index is 0.0131. The van der Waals surface area contributed by atoms with Crippen molar-refractivity contribution >= 4 is 11.9 Å². The maximum atomic E-state index is 12.6. The zero-order valence-electron chi connectivity index (χ0n) is 12.9. The number of fused-ring (bicyclic) bond motifs is 1. The molecule has 0 radical (unpaired) electrons. The summed E-state index contributed by atoms with van der Waals surface area (Å²) < 4.78 is 37.8. The number of carboxylic acid groups (broad SMARTS) is 1. The van der Waals surface area contributed by atoms with Crippen LogP contribution >= 0.6 is 0 Å². The summed E-state index contributed by atoms with van der Waals surface area (Å²) in [6.45, 7) is -0.422. The molecule has 0 heterocycles. The van der Waals surface area contributed by atoms with E-state index in [4.69, 9.17) is 5.11 Å². The number of carboxylic acids is 1. The number of carbonyl (C=O) groups excluding carboxylic acids is 1. The van der Waals surface area contributed by atoms with E-state index in [2.05, 4.69) is 0 Å². The fraction of sp³-hybridized carbons (Fsp3) is 0.529. The molecule has 1 aromatic carbocycles. The van der Waals surface area contributed by atoms with Crippen LogP contribution < -0.4 is 0 Å². The third kappa shape index (κ3) is 3.39. The number of nitrogens with zero attached hydrogens (tertiary/aromatic N) is 1. The van der Waals surface area contributed by atoms with E-state index in [9.17, 15) is 22.8 Å². The third-order valence-corrected chi connectivity index (χ3v) is 4.98. The number of aliphatic carboxylic acids is 1. The van der Waals surface area contributed by atoms with E-state index >= 15 is 0 Å². The van der Waals surface area contributed by atoms with Crippen molar-refractivity contribution in [2.24, 2.45) is 17.8 Å². The van der Waals surface area contributed by atoms with Crippen LogP contribution in [0.15, 0.2) is 24.3 Å². The van der Waals surface area contributed by atoms with Gasteiger partial charge in [-0.15, -0.1) is 0 Å². The van der Waals surface area contributed by atoms with Crippen molar-refractivity contribution in [3.8, 4) is 0 Å². The van der Waals surface area contributed by atoms with Crippen molar-refractivity contribution < 1.29 is 27.9 Å². The van der Waals surface area contributed by atoms with E-state index in [1.807, 2.05) is 0 Å². The Morgan fingerprint density at radius 1 is 1.12 bits per heavy atom. The predicted octanol–water partition coefficient (Wildman–Crippen LogP) is 3.16. The molecule has 0 spiro atoms. The van der Waals surface area contributed by atoms with Crippen LogP contribution in [0.3, 0.4) is 0 Å². The molecule has 2 aliphatic rings. The summed E-state index contributed by atoms with van der Waals surface area (Å²) in [6.07, 6.45) is -1.30. The molecule has 0 saturated heterocycles. The monoisotopic (exact) mass is 341 g/mol. The molecule has 3 rings (SSSR count). The van der Waals surface area contributed by atoms with Crippen LogP contribution in [-0.2, 0) is 22.3 Å². The number of amides is 1. The first-order valence-corrected chi connectivity index (χ1v) is 7.94. The van der Waals surface area contributed by atoms with Crippen LogP contribution in [-0.4, -0.2) is 28.4 Å². The van der Waals surface area contributed by atoms with Crippen molar-refractivity contribution in [1.82, 2.24) is 4.90 Å². The topological polar surface area (TPSA) is 57.6 Å². The number of halogens is 3. The lowest BCUT2D eigenvalue weighted by Gasteiger charge is -2.22. The average molecular weight is 341 g/mol. The van der Waals surface area contributed by atoms with Gasteiger partial charge in [0.1, 0.15) is 6.54 Å². The lowest BCUT2D eigenvalue weighted by Crippen LogP contribution is -2.37. The van der Waals surface area contributed by atoms with Gasteiger partial charge in [0.15, 0.2) is 0 Å². The highest BCUT2D eigenvalue weighted by molar-refractivity contribution is 5.85. The van der Waals surface area contributed by atoms with Gasteiger partial charge in [0.2, 0.25) is 5.91 Å². The summed E-state index contributed by atoms with van der Waals surface area (Å²) in [5.41, 5.74) is -0.275. The van der Waals surface area contributed by atoms with E-state index < -0.39 is 24.3 Å². The van der Waals surface area contributed by atoms with Gasteiger partial charge < -0.3 is 10.0 Å². The summed E-state index contributed by atoms with van der Waals surface area (Å²) in [5, 5.41) is 9.02. The molecule has 2 fully saturated rings. The smallest absolute Gasteiger partial charge is 0.416 e. The normalized spacial score (nSPS) is 25.2. The highest BCUT2D eigenvalue weighted by Crippen LogP contribution is 2.58. The molecule has 130 valence electrons. The maximum absolute atomic E-state index is 12.6. The minimum Gasteiger partial charge on any atom is -0.480 e. The lowest BCUT2D eigenvalue weighted by atomic mass is 10.1. The SMILES string of the molecule is O=C(O)CN(Cc1ccc(C(F)(F)F)cc1)C(=O)C1C2CCCC21. The minimum atomic E-state index is -4.42. The molecule has 0 aliphatic heterocycles. The first kappa shape index (κ1) is 16.8. The van der Waals surface area contributed by atoms with Crippen molar-refractivity contribution in [3.05, 3.63) is 35.4 Å². The fourth-order valence-electron chi connectivity index (χ4n) is 3.79. The lowest BCUT2D eigenvalue weighted by molar-refractivity contribution is -0.145.